The van der Waals surface area contributed by atoms with Crippen LogP contribution in [-0.2, 0) is 14.8 Å². The van der Waals surface area contributed by atoms with Crippen molar-refractivity contribution in [3.8, 4) is 5.75 Å². The van der Waals surface area contributed by atoms with Crippen LogP contribution in [0.15, 0.2) is 89.8 Å². The number of nitrogens with zero attached hydrogens (tertiary/aromatic N) is 1. The van der Waals surface area contributed by atoms with Crippen LogP contribution in [0.2, 0.25) is 0 Å². The second kappa shape index (κ2) is 10.2. The fourth-order valence-corrected chi connectivity index (χ4v) is 5.92. The molecule has 0 fully saturated rings. The lowest BCUT2D eigenvalue weighted by molar-refractivity contribution is -0.114. The van der Waals surface area contributed by atoms with Gasteiger partial charge in [-0.2, -0.15) is 0 Å². The minimum atomic E-state index is -4.07. The number of hydrogen-bond donors (Lipinski definition) is 1. The molecule has 0 aliphatic heterocycles. The maximum Gasteiger partial charge on any atom is 0.265 e. The molecule has 7 heteroatoms. The van der Waals surface area contributed by atoms with Gasteiger partial charge in [-0.15, -0.1) is 0 Å². The number of benzene rings is 4. The lowest BCUT2D eigenvalue weighted by atomic mass is 10.1. The summed E-state index contributed by atoms with van der Waals surface area (Å²) in [6.07, 6.45) is 0. The summed E-state index contributed by atoms with van der Waals surface area (Å²) in [5.74, 6) is 0.252. The Morgan fingerprint density at radius 1 is 0.857 bits per heavy atom. The Hall–Kier alpha value is -3.84. The number of hydrogen-bond acceptors (Lipinski definition) is 4. The monoisotopic (exact) mass is 488 g/mol. The second-order valence-corrected chi connectivity index (χ2v) is 10.1. The Morgan fingerprint density at radius 3 is 2.17 bits per heavy atom. The molecule has 0 aliphatic carbocycles. The van der Waals surface area contributed by atoms with Gasteiger partial charge >= 0.3 is 0 Å². The predicted molar refractivity (Wildman–Crippen MR) is 141 cm³/mol. The first kappa shape index (κ1) is 24.3. The van der Waals surface area contributed by atoms with Crippen LogP contribution in [0.1, 0.15) is 18.1 Å². The highest BCUT2D eigenvalue weighted by atomic mass is 32.2. The third-order valence-electron chi connectivity index (χ3n) is 5.74. The maximum atomic E-state index is 14.1. The molecule has 0 aliphatic rings. The van der Waals surface area contributed by atoms with Crippen molar-refractivity contribution in [3.05, 3.63) is 96.1 Å². The van der Waals surface area contributed by atoms with Crippen molar-refractivity contribution in [1.82, 2.24) is 0 Å². The van der Waals surface area contributed by atoms with Crippen LogP contribution in [0, 0.1) is 13.8 Å². The summed E-state index contributed by atoms with van der Waals surface area (Å²) in [5, 5.41) is 4.23. The van der Waals surface area contributed by atoms with Crippen LogP contribution >= 0.6 is 0 Å². The molecule has 0 saturated heterocycles. The van der Waals surface area contributed by atoms with Crippen LogP contribution in [0.4, 0.5) is 11.4 Å². The van der Waals surface area contributed by atoms with Crippen LogP contribution in [0.3, 0.4) is 0 Å². The van der Waals surface area contributed by atoms with E-state index in [1.165, 1.54) is 4.31 Å². The Bertz CT molecular complexity index is 1440. The molecule has 0 aromatic heterocycles. The molecule has 1 amide bonds. The number of ether oxygens (including phenoxy) is 1. The highest BCUT2D eigenvalue weighted by molar-refractivity contribution is 7.93. The number of nitrogens with one attached hydrogen (secondary N) is 1. The van der Waals surface area contributed by atoms with E-state index in [1.807, 2.05) is 63.2 Å². The molecule has 4 aromatic carbocycles. The van der Waals surface area contributed by atoms with E-state index in [4.69, 9.17) is 4.74 Å². The van der Waals surface area contributed by atoms with Crippen molar-refractivity contribution < 1.29 is 17.9 Å². The summed E-state index contributed by atoms with van der Waals surface area (Å²) in [5.41, 5.74) is 2.59. The average molecular weight is 489 g/mol. The zero-order valence-electron chi connectivity index (χ0n) is 20.0. The van der Waals surface area contributed by atoms with Crippen molar-refractivity contribution in [2.24, 2.45) is 0 Å². The lowest BCUT2D eigenvalue weighted by Crippen LogP contribution is -2.39. The van der Waals surface area contributed by atoms with E-state index in [0.29, 0.717) is 29.1 Å². The average Bonchev–Trinajstić information content (AvgIpc) is 2.84. The molecule has 4 aromatic rings. The van der Waals surface area contributed by atoms with Crippen molar-refractivity contribution in [3.63, 3.8) is 0 Å². The van der Waals surface area contributed by atoms with E-state index in [-0.39, 0.29) is 11.4 Å². The first-order chi connectivity index (χ1) is 16.8. The number of para-hydroxylation sites is 1. The molecule has 0 unspecified atom stereocenters. The Labute approximate surface area is 206 Å². The summed E-state index contributed by atoms with van der Waals surface area (Å²) in [7, 11) is -4.07. The first-order valence-corrected chi connectivity index (χ1v) is 12.8. The normalized spacial score (nSPS) is 11.3. The van der Waals surface area contributed by atoms with Crippen molar-refractivity contribution in [2.75, 3.05) is 22.8 Å². The van der Waals surface area contributed by atoms with Crippen LogP contribution < -0.4 is 14.4 Å². The zero-order valence-corrected chi connectivity index (χ0v) is 20.8. The van der Waals surface area contributed by atoms with E-state index >= 15 is 0 Å². The smallest absolute Gasteiger partial charge is 0.265 e. The maximum absolute atomic E-state index is 14.1. The van der Waals surface area contributed by atoms with Gasteiger partial charge in [-0.1, -0.05) is 54.6 Å². The van der Waals surface area contributed by atoms with Gasteiger partial charge in [0.1, 0.15) is 12.3 Å². The number of carbonyl (C=O) groups is 1. The van der Waals surface area contributed by atoms with Gasteiger partial charge in [0.05, 0.1) is 17.2 Å². The van der Waals surface area contributed by atoms with Gasteiger partial charge in [0, 0.05) is 11.1 Å². The summed E-state index contributed by atoms with van der Waals surface area (Å²) in [6.45, 7) is 5.76. The largest absolute Gasteiger partial charge is 0.494 e. The number of carbonyl (C=O) groups excluding carboxylic acids is 1. The van der Waals surface area contributed by atoms with Gasteiger partial charge in [0.15, 0.2) is 0 Å². The summed E-state index contributed by atoms with van der Waals surface area (Å²) in [6, 6.07) is 25.0. The molecule has 0 radical (unpaired) electrons. The third kappa shape index (κ3) is 5.15. The molecular weight excluding hydrogens is 460 g/mol. The van der Waals surface area contributed by atoms with E-state index < -0.39 is 15.9 Å². The topological polar surface area (TPSA) is 75.7 Å². The molecular formula is C28H28N2O4S. The van der Waals surface area contributed by atoms with Gasteiger partial charge < -0.3 is 10.1 Å². The number of amides is 1. The second-order valence-electron chi connectivity index (χ2n) is 8.23. The molecule has 0 heterocycles. The van der Waals surface area contributed by atoms with Crippen molar-refractivity contribution >= 4 is 38.1 Å². The molecule has 0 atom stereocenters. The minimum Gasteiger partial charge on any atom is -0.494 e. The van der Waals surface area contributed by atoms with Crippen molar-refractivity contribution in [2.45, 2.75) is 25.7 Å². The predicted octanol–water partition coefficient (Wildman–Crippen LogP) is 5.69. The number of rotatable bonds is 8. The Balaban J connectivity index is 1.74. The number of fused-ring (bicyclic) bond motifs is 1. The first-order valence-electron chi connectivity index (χ1n) is 11.4. The highest BCUT2D eigenvalue weighted by Gasteiger charge is 2.30. The summed E-state index contributed by atoms with van der Waals surface area (Å²) < 4.78 is 34.8. The van der Waals surface area contributed by atoms with Crippen LogP contribution in [0.25, 0.3) is 10.8 Å². The van der Waals surface area contributed by atoms with Crippen molar-refractivity contribution in [1.29, 1.82) is 0 Å². The Kier molecular flexibility index (Phi) is 7.07. The van der Waals surface area contributed by atoms with Gasteiger partial charge in [0.2, 0.25) is 5.91 Å². The third-order valence-corrected chi connectivity index (χ3v) is 7.55. The SMILES string of the molecule is CCOc1ccc(NC(=O)CN(c2c(C)cccc2C)S(=O)(=O)c2cccc3ccccc23)cc1. The molecule has 35 heavy (non-hydrogen) atoms. The van der Waals surface area contributed by atoms with E-state index in [0.717, 1.165) is 16.5 Å². The van der Waals surface area contributed by atoms with Gasteiger partial charge in [-0.05, 0) is 67.6 Å². The van der Waals surface area contributed by atoms with Gasteiger partial charge in [-0.25, -0.2) is 8.42 Å². The number of aryl methyl sites for hydroxylation is 2. The quantitative estimate of drug-likeness (QED) is 0.346. The molecule has 6 nitrogen and oxygen atoms in total. The molecule has 1 N–H and O–H groups in total. The van der Waals surface area contributed by atoms with E-state index in [2.05, 4.69) is 5.32 Å². The summed E-state index contributed by atoms with van der Waals surface area (Å²) >= 11 is 0. The fourth-order valence-electron chi connectivity index (χ4n) is 4.15. The highest BCUT2D eigenvalue weighted by Crippen LogP contribution is 2.33. The molecule has 0 saturated carbocycles. The molecule has 4 rings (SSSR count). The zero-order chi connectivity index (χ0) is 25.0. The standard InChI is InChI=1S/C28H28N2O4S/c1-4-34-24-17-15-23(16-18-24)29-27(31)19-30(28-20(2)9-7-10-21(28)3)35(32,33)26-14-8-12-22-11-5-6-13-25(22)26/h5-18H,4,19H2,1-3H3,(H,29,31). The van der Waals surface area contributed by atoms with Crippen LogP contribution in [-0.4, -0.2) is 27.5 Å². The lowest BCUT2D eigenvalue weighted by Gasteiger charge is -2.27. The van der Waals surface area contributed by atoms with E-state index in [9.17, 15) is 13.2 Å². The minimum absolute atomic E-state index is 0.159. The molecule has 180 valence electrons. The van der Waals surface area contributed by atoms with Crippen LogP contribution in [0.5, 0.6) is 5.75 Å². The number of anilines is 2. The molecule has 0 spiro atoms. The Morgan fingerprint density at radius 2 is 1.49 bits per heavy atom. The summed E-state index contributed by atoms with van der Waals surface area (Å²) in [4.78, 5) is 13.3. The van der Waals surface area contributed by atoms with E-state index in [1.54, 1.807) is 42.5 Å². The van der Waals surface area contributed by atoms with Gasteiger partial charge in [0.25, 0.3) is 10.0 Å². The molecule has 0 bridgehead atoms. The fraction of sp³-hybridized carbons (Fsp3) is 0.179. The number of sulfonamides is 1. The van der Waals surface area contributed by atoms with Gasteiger partial charge in [-0.3, -0.25) is 9.10 Å².